The van der Waals surface area contributed by atoms with Gasteiger partial charge in [0.15, 0.2) is 0 Å². The number of aliphatic carboxylic acids is 1. The van der Waals surface area contributed by atoms with Crippen molar-refractivity contribution in [2.24, 2.45) is 5.73 Å². The summed E-state index contributed by atoms with van der Waals surface area (Å²) in [5, 5.41) is 13.0. The van der Waals surface area contributed by atoms with Crippen LogP contribution >= 0.6 is 0 Å². The van der Waals surface area contributed by atoms with Gasteiger partial charge in [-0.1, -0.05) is 6.07 Å². The molecule has 4 N–H and O–H groups in total. The zero-order valence-corrected chi connectivity index (χ0v) is 26.2. The second kappa shape index (κ2) is 21.8. The molecule has 12 heteroatoms. The van der Waals surface area contributed by atoms with E-state index in [1.807, 2.05) is 13.1 Å². The third-order valence-electron chi connectivity index (χ3n) is 7.21. The first-order valence-electron chi connectivity index (χ1n) is 15.8. The van der Waals surface area contributed by atoms with Crippen LogP contribution in [0.4, 0.5) is 5.82 Å². The van der Waals surface area contributed by atoms with E-state index in [0.29, 0.717) is 78.3 Å². The fourth-order valence-corrected chi connectivity index (χ4v) is 4.96. The zero-order chi connectivity index (χ0) is 31.2. The van der Waals surface area contributed by atoms with E-state index in [2.05, 4.69) is 27.3 Å². The Bertz CT molecular complexity index is 1080. The van der Waals surface area contributed by atoms with Gasteiger partial charge in [-0.05, 0) is 69.0 Å². The summed E-state index contributed by atoms with van der Waals surface area (Å²) in [4.78, 5) is 23.0. The number of carboxylic acids is 1. The van der Waals surface area contributed by atoms with Crippen LogP contribution in [0.1, 0.15) is 48.4 Å². The van der Waals surface area contributed by atoms with Crippen molar-refractivity contribution >= 4 is 11.8 Å². The maximum Gasteiger partial charge on any atom is 0.304 e. The molecule has 0 saturated carbocycles. The molecule has 2 aromatic rings. The van der Waals surface area contributed by atoms with Crippen LogP contribution < -0.4 is 15.8 Å². The quantitative estimate of drug-likeness (QED) is 0.141. The Hall–Kier alpha value is -2.87. The molecule has 2 aromatic heterocycles. The number of nitrogens with zero attached hydrogens (tertiary/aromatic N) is 3. The first kappa shape index (κ1) is 35.6. The van der Waals surface area contributed by atoms with Gasteiger partial charge in [0.05, 0.1) is 65.5 Å². The molecule has 1 aliphatic heterocycles. The van der Waals surface area contributed by atoms with Gasteiger partial charge in [-0.25, -0.2) is 4.98 Å². The van der Waals surface area contributed by atoms with Crippen molar-refractivity contribution in [1.82, 2.24) is 14.9 Å². The van der Waals surface area contributed by atoms with Crippen LogP contribution in [0.15, 0.2) is 30.6 Å². The second-order valence-electron chi connectivity index (χ2n) is 10.9. The number of rotatable bonds is 25. The first-order chi connectivity index (χ1) is 21.5. The number of nitrogens with one attached hydrogen (secondary N) is 1. The van der Waals surface area contributed by atoms with Crippen LogP contribution in [-0.4, -0.2) is 119 Å². The smallest absolute Gasteiger partial charge is 0.304 e. The van der Waals surface area contributed by atoms with Crippen molar-refractivity contribution in [3.8, 4) is 5.75 Å². The van der Waals surface area contributed by atoms with E-state index >= 15 is 0 Å². The maximum atomic E-state index is 11.7. The fourth-order valence-electron chi connectivity index (χ4n) is 4.96. The number of fused-ring (bicyclic) bond motifs is 1. The van der Waals surface area contributed by atoms with E-state index < -0.39 is 5.97 Å². The number of carbonyl (C=O) groups is 1. The number of carboxylic acid groups (broad SMARTS) is 1. The van der Waals surface area contributed by atoms with Gasteiger partial charge in [-0.15, -0.1) is 0 Å². The first-order valence-corrected chi connectivity index (χ1v) is 15.8. The Morgan fingerprint density at radius 2 is 1.70 bits per heavy atom. The molecule has 3 heterocycles. The molecule has 0 amide bonds. The van der Waals surface area contributed by atoms with E-state index in [0.717, 1.165) is 62.3 Å². The molecule has 0 spiro atoms. The fraction of sp³-hybridized carbons (Fsp3) is 0.656. The van der Waals surface area contributed by atoms with Crippen molar-refractivity contribution < 1.29 is 33.6 Å². The minimum absolute atomic E-state index is 0.0255. The number of ether oxygens (including phenoxy) is 5. The molecule has 0 aliphatic carbocycles. The molecule has 0 bridgehead atoms. The number of nitrogens with two attached hydrogens (primary N) is 1. The highest BCUT2D eigenvalue weighted by Crippen LogP contribution is 2.24. The Kier molecular flexibility index (Phi) is 17.6. The topological polar surface area (TPSA) is 151 Å². The lowest BCUT2D eigenvalue weighted by Gasteiger charge is -2.23. The van der Waals surface area contributed by atoms with Crippen molar-refractivity contribution in [1.29, 1.82) is 0 Å². The Labute approximate surface area is 261 Å². The second-order valence-corrected chi connectivity index (χ2v) is 10.9. The van der Waals surface area contributed by atoms with Gasteiger partial charge >= 0.3 is 5.97 Å². The van der Waals surface area contributed by atoms with Crippen LogP contribution in [0.3, 0.4) is 0 Å². The lowest BCUT2D eigenvalue weighted by atomic mass is 9.96. The Morgan fingerprint density at radius 3 is 2.41 bits per heavy atom. The van der Waals surface area contributed by atoms with Crippen molar-refractivity contribution in [3.63, 3.8) is 0 Å². The SMILES string of the molecule is CN(CCCCc1ccc2c(n1)NCCC2)C[C@@H](CC(=O)O)c1cncc(OCCOCCOCCOCCOCCN)c1. The molecule has 12 nitrogen and oxygen atoms in total. The number of hydrogen-bond acceptors (Lipinski definition) is 11. The summed E-state index contributed by atoms with van der Waals surface area (Å²) in [5.41, 5.74) is 8.63. The van der Waals surface area contributed by atoms with Gasteiger partial charge in [0.2, 0.25) is 0 Å². The minimum Gasteiger partial charge on any atom is -0.490 e. The molecular weight excluding hydrogens is 566 g/mol. The van der Waals surface area contributed by atoms with Crippen molar-refractivity contribution in [2.75, 3.05) is 98.0 Å². The van der Waals surface area contributed by atoms with Crippen LogP contribution in [0.2, 0.25) is 0 Å². The van der Waals surface area contributed by atoms with Crippen molar-refractivity contribution in [2.45, 2.75) is 44.4 Å². The van der Waals surface area contributed by atoms with Gasteiger partial charge in [0.1, 0.15) is 18.2 Å². The lowest BCUT2D eigenvalue weighted by Crippen LogP contribution is -2.27. The number of pyridine rings is 2. The molecule has 246 valence electrons. The predicted molar refractivity (Wildman–Crippen MR) is 169 cm³/mol. The van der Waals surface area contributed by atoms with Gasteiger partial charge < -0.3 is 44.7 Å². The van der Waals surface area contributed by atoms with Crippen LogP contribution in [-0.2, 0) is 36.6 Å². The number of likely N-dealkylation sites (N-methyl/N-ethyl adjacent to an activating group) is 1. The van der Waals surface area contributed by atoms with E-state index in [1.54, 1.807) is 12.4 Å². The van der Waals surface area contributed by atoms with E-state index in [-0.39, 0.29) is 12.3 Å². The minimum atomic E-state index is -0.833. The zero-order valence-electron chi connectivity index (χ0n) is 26.2. The summed E-state index contributed by atoms with van der Waals surface area (Å²) < 4.78 is 27.5. The predicted octanol–water partition coefficient (Wildman–Crippen LogP) is 2.75. The van der Waals surface area contributed by atoms with Crippen LogP contribution in [0.5, 0.6) is 5.75 Å². The van der Waals surface area contributed by atoms with Gasteiger partial charge in [0, 0.05) is 37.4 Å². The third-order valence-corrected chi connectivity index (χ3v) is 7.21. The van der Waals surface area contributed by atoms with E-state index in [1.165, 1.54) is 5.56 Å². The molecule has 0 radical (unpaired) electrons. The summed E-state index contributed by atoms with van der Waals surface area (Å²) in [6.07, 6.45) is 8.62. The third kappa shape index (κ3) is 14.7. The summed E-state index contributed by atoms with van der Waals surface area (Å²) in [6.45, 7) is 7.27. The molecule has 0 saturated heterocycles. The molecule has 0 aromatic carbocycles. The number of anilines is 1. The van der Waals surface area contributed by atoms with E-state index in [4.69, 9.17) is 34.4 Å². The number of aryl methyl sites for hydroxylation is 2. The highest BCUT2D eigenvalue weighted by Gasteiger charge is 2.19. The van der Waals surface area contributed by atoms with Gasteiger partial charge in [-0.3, -0.25) is 9.78 Å². The molecular formula is C32H51N5O7. The van der Waals surface area contributed by atoms with Gasteiger partial charge in [0.25, 0.3) is 0 Å². The number of aromatic nitrogens is 2. The molecule has 44 heavy (non-hydrogen) atoms. The standard InChI is InChI=1S/C32H51N5O7/c1-37(11-3-2-6-29-8-7-26-5-4-10-35-32(26)36-29)25-28(22-31(38)39)27-21-30(24-34-23-27)44-20-19-43-18-17-42-16-15-41-14-13-40-12-9-33/h7-8,21,23-24,28H,2-6,9-20,22,25,33H2,1H3,(H,35,36)(H,38,39)/t28-/m1/s1. The number of hydrogen-bond donors (Lipinski definition) is 3. The average molecular weight is 618 g/mol. The summed E-state index contributed by atoms with van der Waals surface area (Å²) >= 11 is 0. The molecule has 1 aliphatic rings. The largest absolute Gasteiger partial charge is 0.490 e. The monoisotopic (exact) mass is 617 g/mol. The molecule has 1 atom stereocenters. The summed E-state index contributed by atoms with van der Waals surface area (Å²) in [6, 6.07) is 6.22. The molecule has 3 rings (SSSR count). The van der Waals surface area contributed by atoms with Gasteiger partial charge in [-0.2, -0.15) is 0 Å². The molecule has 0 unspecified atom stereocenters. The van der Waals surface area contributed by atoms with E-state index in [9.17, 15) is 9.90 Å². The normalized spacial score (nSPS) is 13.4. The Balaban J connectivity index is 1.30. The highest BCUT2D eigenvalue weighted by atomic mass is 16.6. The maximum absolute atomic E-state index is 11.7. The Morgan fingerprint density at radius 1 is 1.00 bits per heavy atom. The summed E-state index contributed by atoms with van der Waals surface area (Å²) in [7, 11) is 2.04. The number of unbranched alkanes of at least 4 members (excludes halogenated alkanes) is 1. The average Bonchev–Trinajstić information content (AvgIpc) is 3.03. The van der Waals surface area contributed by atoms with Crippen molar-refractivity contribution in [3.05, 3.63) is 47.4 Å². The van der Waals surface area contributed by atoms with Crippen LogP contribution in [0.25, 0.3) is 0 Å². The highest BCUT2D eigenvalue weighted by molar-refractivity contribution is 5.68. The van der Waals surface area contributed by atoms with Crippen LogP contribution in [0, 0.1) is 0 Å². The summed E-state index contributed by atoms with van der Waals surface area (Å²) in [5.74, 6) is 0.608. The molecule has 0 fully saturated rings. The lowest BCUT2D eigenvalue weighted by molar-refractivity contribution is -0.137.